The van der Waals surface area contributed by atoms with Crippen molar-refractivity contribution in [3.63, 3.8) is 0 Å². The van der Waals surface area contributed by atoms with Gasteiger partial charge < -0.3 is 17.0 Å². The highest BCUT2D eigenvalue weighted by Crippen LogP contribution is 2.19. The van der Waals surface area contributed by atoms with Crippen LogP contribution in [0.2, 0.25) is 0 Å². The second kappa shape index (κ2) is 10.8. The molecule has 0 radical (unpaired) electrons. The molecule has 2 fully saturated rings. The van der Waals surface area contributed by atoms with Crippen molar-refractivity contribution < 1.29 is 17.0 Å². The Morgan fingerprint density at radius 3 is 2.05 bits per heavy atom. The third kappa shape index (κ3) is 6.73. The van der Waals surface area contributed by atoms with E-state index in [-0.39, 0.29) is 17.0 Å². The third-order valence-electron chi connectivity index (χ3n) is 3.53. The highest BCUT2D eigenvalue weighted by molar-refractivity contribution is 7.99. The molecule has 0 bridgehead atoms. The molecule has 2 saturated heterocycles. The summed E-state index contributed by atoms with van der Waals surface area (Å²) >= 11 is 2.07. The Morgan fingerprint density at radius 2 is 1.60 bits per heavy atom. The Morgan fingerprint density at radius 1 is 1.00 bits per heavy atom. The van der Waals surface area contributed by atoms with E-state index in [1.165, 1.54) is 65.6 Å². The Kier molecular flexibility index (Phi) is 9.83. The maximum absolute atomic E-state index is 3.77. The monoisotopic (exact) mass is 372 g/mol. The summed E-state index contributed by atoms with van der Waals surface area (Å²) in [4.78, 5) is 0. The quantitative estimate of drug-likeness (QED) is 0.728. The van der Waals surface area contributed by atoms with Crippen LogP contribution in [0.1, 0.15) is 36.8 Å². The molecule has 0 N–H and O–H groups in total. The van der Waals surface area contributed by atoms with Crippen molar-refractivity contribution in [2.45, 2.75) is 31.4 Å². The first-order chi connectivity index (χ1) is 9.38. The van der Waals surface area contributed by atoms with Crippen LogP contribution in [-0.4, -0.2) is 23.0 Å². The van der Waals surface area contributed by atoms with E-state index in [1.54, 1.807) is 0 Å². The van der Waals surface area contributed by atoms with E-state index in [4.69, 9.17) is 0 Å². The van der Waals surface area contributed by atoms with Gasteiger partial charge >= 0.3 is 0 Å². The molecule has 2 aliphatic rings. The minimum Gasteiger partial charge on any atom is -1.00 e. The number of rotatable bonds is 3. The molecule has 0 atom stereocenters. The second-order valence-electron chi connectivity index (χ2n) is 5.14. The van der Waals surface area contributed by atoms with E-state index in [0.717, 1.165) is 0 Å². The van der Waals surface area contributed by atoms with Crippen LogP contribution in [-0.2, 0) is 16.6 Å². The van der Waals surface area contributed by atoms with Crippen molar-refractivity contribution in [3.8, 4) is 0 Å². The van der Waals surface area contributed by atoms with E-state index in [1.807, 2.05) is 6.08 Å². The molecule has 0 saturated carbocycles. The van der Waals surface area contributed by atoms with E-state index in [0.29, 0.717) is 10.9 Å². The van der Waals surface area contributed by atoms with Crippen LogP contribution in [0, 0.1) is 0 Å². The fraction of sp³-hybridized carbons (Fsp3) is 0.529. The summed E-state index contributed by atoms with van der Waals surface area (Å²) in [5.41, 5.74) is 2.73. The van der Waals surface area contributed by atoms with Gasteiger partial charge in [-0.15, -0.1) is 0 Å². The van der Waals surface area contributed by atoms with Gasteiger partial charge in [-0.2, -0.15) is 11.8 Å². The molecule has 3 rings (SSSR count). The summed E-state index contributed by atoms with van der Waals surface area (Å²) < 4.78 is 0. The van der Waals surface area contributed by atoms with Crippen molar-refractivity contribution in [2.75, 3.05) is 23.0 Å². The first-order valence-electron chi connectivity index (χ1n) is 7.32. The average Bonchev–Trinajstić information content (AvgIpc) is 3.15. The summed E-state index contributed by atoms with van der Waals surface area (Å²) in [6, 6.07) is 8.84. The maximum atomic E-state index is 3.77. The predicted octanol–water partition coefficient (Wildman–Crippen LogP) is 1.76. The fourth-order valence-corrected chi connectivity index (χ4v) is 5.76. The smallest absolute Gasteiger partial charge is 0.133 e. The molecule has 0 aliphatic carbocycles. The molecule has 2 heterocycles. The largest absolute Gasteiger partial charge is 1.00 e. The SMILES string of the molecule is C1CCSC1.C=Cc1ccc(C[S+]2CCCC2)cc1.[Br-]. The zero-order valence-corrected chi connectivity index (χ0v) is 15.4. The van der Waals surface area contributed by atoms with Gasteiger partial charge in [0, 0.05) is 5.56 Å². The lowest BCUT2D eigenvalue weighted by atomic mass is 10.1. The van der Waals surface area contributed by atoms with E-state index < -0.39 is 0 Å². The molecule has 1 aromatic rings. The number of thioether (sulfide) groups is 1. The minimum absolute atomic E-state index is 0. The van der Waals surface area contributed by atoms with Crippen LogP contribution < -0.4 is 17.0 Å². The normalized spacial score (nSPS) is 18.0. The molecule has 0 amide bonds. The highest BCUT2D eigenvalue weighted by atomic mass is 79.9. The molecule has 0 nitrogen and oxygen atoms in total. The Labute approximate surface area is 141 Å². The van der Waals surface area contributed by atoms with Crippen LogP contribution in [0.5, 0.6) is 0 Å². The summed E-state index contributed by atoms with van der Waals surface area (Å²) in [7, 11) is 0.687. The van der Waals surface area contributed by atoms with E-state index in [9.17, 15) is 0 Å². The molecule has 0 spiro atoms. The molecule has 20 heavy (non-hydrogen) atoms. The highest BCUT2D eigenvalue weighted by Gasteiger charge is 2.23. The van der Waals surface area contributed by atoms with E-state index >= 15 is 0 Å². The zero-order chi connectivity index (χ0) is 13.3. The summed E-state index contributed by atoms with van der Waals surface area (Å²) in [6.07, 6.45) is 7.73. The van der Waals surface area contributed by atoms with Crippen molar-refractivity contribution in [1.82, 2.24) is 0 Å². The van der Waals surface area contributed by atoms with Gasteiger partial charge in [-0.1, -0.05) is 36.9 Å². The van der Waals surface area contributed by atoms with Crippen LogP contribution in [0.4, 0.5) is 0 Å². The van der Waals surface area contributed by atoms with Crippen molar-refractivity contribution in [1.29, 1.82) is 0 Å². The molecule has 0 aromatic heterocycles. The zero-order valence-electron chi connectivity index (χ0n) is 12.2. The molecule has 1 aromatic carbocycles. The molecule has 112 valence electrons. The minimum atomic E-state index is 0. The van der Waals surface area contributed by atoms with Crippen LogP contribution >= 0.6 is 11.8 Å². The average molecular weight is 373 g/mol. The number of halogens is 1. The maximum Gasteiger partial charge on any atom is 0.133 e. The van der Waals surface area contributed by atoms with Gasteiger partial charge in [-0.3, -0.25) is 0 Å². The number of hydrogen-bond donors (Lipinski definition) is 0. The second-order valence-corrected chi connectivity index (χ2v) is 8.69. The Balaban J connectivity index is 0.000000283. The van der Waals surface area contributed by atoms with Gasteiger partial charge in [0.05, 0.1) is 0 Å². The topological polar surface area (TPSA) is 0 Å². The summed E-state index contributed by atoms with van der Waals surface area (Å²) in [6.45, 7) is 3.77. The lowest BCUT2D eigenvalue weighted by Crippen LogP contribution is -3.00. The molecular weight excluding hydrogens is 348 g/mol. The van der Waals surface area contributed by atoms with E-state index in [2.05, 4.69) is 42.6 Å². The van der Waals surface area contributed by atoms with Gasteiger partial charge in [-0.05, 0) is 53.6 Å². The van der Waals surface area contributed by atoms with Crippen LogP contribution in [0.15, 0.2) is 30.8 Å². The van der Waals surface area contributed by atoms with Crippen LogP contribution in [0.3, 0.4) is 0 Å². The lowest BCUT2D eigenvalue weighted by molar-refractivity contribution is -0.00000386. The fourth-order valence-electron chi connectivity index (χ4n) is 2.35. The van der Waals surface area contributed by atoms with Gasteiger partial charge in [0.15, 0.2) is 0 Å². The first kappa shape index (κ1) is 18.2. The standard InChI is InChI=1S/C13H17S.C4H8S.BrH/c1-2-12-5-7-13(8-6-12)11-14-9-3-4-10-14;1-2-4-5-3-1;/h2,5-8H,1,3-4,9-11H2;1-4H2;1H/q+1;;/p-1. The summed E-state index contributed by atoms with van der Waals surface area (Å²) in [5, 5.41) is 0. The summed E-state index contributed by atoms with van der Waals surface area (Å²) in [5.74, 6) is 7.06. The molecule has 2 aliphatic heterocycles. The third-order valence-corrected chi connectivity index (χ3v) is 7.16. The van der Waals surface area contributed by atoms with Crippen molar-refractivity contribution in [3.05, 3.63) is 42.0 Å². The Hall–Kier alpha value is 0.140. The molecular formula is C17H25BrS2. The molecule has 0 unspecified atom stereocenters. The van der Waals surface area contributed by atoms with Gasteiger partial charge in [0.2, 0.25) is 0 Å². The van der Waals surface area contributed by atoms with Crippen LogP contribution in [0.25, 0.3) is 6.08 Å². The van der Waals surface area contributed by atoms with Gasteiger partial charge in [0.1, 0.15) is 17.3 Å². The molecule has 3 heteroatoms. The van der Waals surface area contributed by atoms with Gasteiger partial charge in [-0.25, -0.2) is 0 Å². The van der Waals surface area contributed by atoms with Crippen molar-refractivity contribution >= 4 is 28.7 Å². The Bertz CT molecular complexity index is 357. The van der Waals surface area contributed by atoms with Crippen molar-refractivity contribution in [2.24, 2.45) is 0 Å². The number of hydrogen-bond acceptors (Lipinski definition) is 1. The first-order valence-corrected chi connectivity index (χ1v) is 10.2. The lowest BCUT2D eigenvalue weighted by Gasteiger charge is -2.01. The predicted molar refractivity (Wildman–Crippen MR) is 93.1 cm³/mol. The van der Waals surface area contributed by atoms with Gasteiger partial charge in [0.25, 0.3) is 0 Å². The number of benzene rings is 1.